The van der Waals surface area contributed by atoms with Crippen LogP contribution in [0.1, 0.15) is 18.1 Å². The van der Waals surface area contributed by atoms with Crippen molar-refractivity contribution < 1.29 is 14.7 Å². The second-order valence-corrected chi connectivity index (χ2v) is 7.32. The molecular weight excluding hydrogens is 432 g/mol. The van der Waals surface area contributed by atoms with E-state index in [1.807, 2.05) is 67.6 Å². The molecule has 3 aromatic rings. The molecule has 0 aromatic heterocycles. The molecule has 5 nitrogen and oxygen atoms in total. The number of benzene rings is 3. The van der Waals surface area contributed by atoms with E-state index < -0.39 is 0 Å². The zero-order chi connectivity index (χ0) is 20.6. The quantitative estimate of drug-likeness (QED) is 0.399. The first-order valence-electron chi connectivity index (χ1n) is 9.09. The number of nitrogens with zero attached hydrogens (tertiary/aromatic N) is 2. The Bertz CT molecular complexity index is 989. The first-order chi connectivity index (χ1) is 14.0. The molecule has 0 unspecified atom stereocenters. The van der Waals surface area contributed by atoms with Crippen molar-refractivity contribution in [1.82, 2.24) is 0 Å². The minimum atomic E-state index is -0.264. The number of hydrogen-bond acceptors (Lipinski definition) is 4. The monoisotopic (exact) mass is 452 g/mol. The molecule has 0 fully saturated rings. The molecule has 29 heavy (non-hydrogen) atoms. The Hall–Kier alpha value is -3.12. The summed E-state index contributed by atoms with van der Waals surface area (Å²) in [5, 5.41) is 14.2. The SMILES string of the molecule is C/C(=N/OCC(=O)N(Cc1ccccc1O)c1ccc(Br)cc1)c1ccccc1. The molecule has 0 atom stereocenters. The van der Waals surface area contributed by atoms with Crippen LogP contribution in [0.3, 0.4) is 0 Å². The number of rotatable bonds is 7. The zero-order valence-electron chi connectivity index (χ0n) is 16.0. The number of phenolic OH excluding ortho intramolecular Hbond substituents is 1. The maximum Gasteiger partial charge on any atom is 0.268 e. The molecule has 6 heteroatoms. The summed E-state index contributed by atoms with van der Waals surface area (Å²) < 4.78 is 0.913. The molecule has 148 valence electrons. The first-order valence-corrected chi connectivity index (χ1v) is 9.88. The van der Waals surface area contributed by atoms with Crippen LogP contribution in [0, 0.1) is 0 Å². The van der Waals surface area contributed by atoms with Crippen LogP contribution in [-0.2, 0) is 16.2 Å². The Morgan fingerprint density at radius 3 is 2.34 bits per heavy atom. The van der Waals surface area contributed by atoms with Crippen LogP contribution in [0.15, 0.2) is 88.5 Å². The topological polar surface area (TPSA) is 62.1 Å². The average Bonchev–Trinajstić information content (AvgIpc) is 2.74. The Morgan fingerprint density at radius 2 is 1.66 bits per heavy atom. The average molecular weight is 453 g/mol. The molecule has 0 saturated heterocycles. The lowest BCUT2D eigenvalue weighted by atomic mass is 10.1. The standard InChI is InChI=1S/C23H21BrN2O3/c1-17(18-7-3-2-4-8-18)25-29-16-23(28)26(21-13-11-20(24)12-14-21)15-19-9-5-6-10-22(19)27/h2-14,27H,15-16H2,1H3/b25-17-. The molecule has 0 aliphatic carbocycles. The van der Waals surface area contributed by atoms with Crippen LogP contribution in [0.2, 0.25) is 0 Å². The second-order valence-electron chi connectivity index (χ2n) is 6.40. The van der Waals surface area contributed by atoms with Gasteiger partial charge in [-0.2, -0.15) is 0 Å². The molecule has 0 heterocycles. The molecule has 0 aliphatic rings. The summed E-state index contributed by atoms with van der Waals surface area (Å²) in [6, 6.07) is 24.0. The van der Waals surface area contributed by atoms with Gasteiger partial charge in [-0.15, -0.1) is 0 Å². The number of carbonyl (C=O) groups excluding carboxylic acids is 1. The molecular formula is C23H21BrN2O3. The third-order valence-corrected chi connectivity index (χ3v) is 4.87. The molecule has 3 aromatic carbocycles. The predicted molar refractivity (Wildman–Crippen MR) is 118 cm³/mol. The van der Waals surface area contributed by atoms with Crippen molar-refractivity contribution in [3.63, 3.8) is 0 Å². The Labute approximate surface area is 178 Å². The predicted octanol–water partition coefficient (Wildman–Crippen LogP) is 5.13. The number of aromatic hydroxyl groups is 1. The molecule has 0 spiro atoms. The van der Waals surface area contributed by atoms with Crippen molar-refractivity contribution in [2.24, 2.45) is 5.16 Å². The van der Waals surface area contributed by atoms with Crippen molar-refractivity contribution in [3.8, 4) is 5.75 Å². The van der Waals surface area contributed by atoms with E-state index in [-0.39, 0.29) is 24.8 Å². The van der Waals surface area contributed by atoms with Crippen molar-refractivity contribution in [3.05, 3.63) is 94.5 Å². The lowest BCUT2D eigenvalue weighted by molar-refractivity contribution is -0.123. The van der Waals surface area contributed by atoms with Gasteiger partial charge in [0.2, 0.25) is 0 Å². The minimum absolute atomic E-state index is 0.140. The van der Waals surface area contributed by atoms with E-state index in [2.05, 4.69) is 21.1 Å². The van der Waals surface area contributed by atoms with E-state index >= 15 is 0 Å². The Balaban J connectivity index is 1.75. The zero-order valence-corrected chi connectivity index (χ0v) is 17.5. The third kappa shape index (κ3) is 5.68. The number of hydrogen-bond donors (Lipinski definition) is 1. The third-order valence-electron chi connectivity index (χ3n) is 4.34. The summed E-state index contributed by atoms with van der Waals surface area (Å²) in [6.07, 6.45) is 0. The number of oxime groups is 1. The molecule has 0 radical (unpaired) electrons. The van der Waals surface area contributed by atoms with Crippen LogP contribution in [0.25, 0.3) is 0 Å². The molecule has 3 rings (SSSR count). The number of halogens is 1. The van der Waals surface area contributed by atoms with Crippen LogP contribution in [-0.4, -0.2) is 23.3 Å². The minimum Gasteiger partial charge on any atom is -0.508 e. The van der Waals surface area contributed by atoms with Gasteiger partial charge in [0.05, 0.1) is 12.3 Å². The number of carbonyl (C=O) groups is 1. The van der Waals surface area contributed by atoms with Gasteiger partial charge >= 0.3 is 0 Å². The maximum atomic E-state index is 12.9. The second kappa shape index (κ2) is 9.89. The van der Waals surface area contributed by atoms with E-state index in [9.17, 15) is 9.90 Å². The highest BCUT2D eigenvalue weighted by atomic mass is 79.9. The number of anilines is 1. The van der Waals surface area contributed by atoms with Gasteiger partial charge in [0.15, 0.2) is 6.61 Å². The first kappa shape index (κ1) is 20.6. The largest absolute Gasteiger partial charge is 0.508 e. The van der Waals surface area contributed by atoms with Gasteiger partial charge in [0, 0.05) is 15.7 Å². The van der Waals surface area contributed by atoms with E-state index in [4.69, 9.17) is 4.84 Å². The van der Waals surface area contributed by atoms with Gasteiger partial charge in [-0.25, -0.2) is 0 Å². The fourth-order valence-electron chi connectivity index (χ4n) is 2.75. The number of phenols is 1. The molecule has 1 N–H and O–H groups in total. The smallest absolute Gasteiger partial charge is 0.268 e. The lowest BCUT2D eigenvalue weighted by Crippen LogP contribution is -2.33. The van der Waals surface area contributed by atoms with Gasteiger partial charge in [-0.3, -0.25) is 4.79 Å². The lowest BCUT2D eigenvalue weighted by Gasteiger charge is -2.23. The number of amides is 1. The normalized spacial score (nSPS) is 11.2. The summed E-state index contributed by atoms with van der Waals surface area (Å²) in [6.45, 7) is 1.83. The van der Waals surface area contributed by atoms with Crippen LogP contribution >= 0.6 is 15.9 Å². The fourth-order valence-corrected chi connectivity index (χ4v) is 3.02. The van der Waals surface area contributed by atoms with Crippen molar-refractivity contribution in [1.29, 1.82) is 0 Å². The molecule has 0 saturated carbocycles. The van der Waals surface area contributed by atoms with Gasteiger partial charge < -0.3 is 14.8 Å². The van der Waals surface area contributed by atoms with Gasteiger partial charge in [-0.1, -0.05) is 69.6 Å². The summed E-state index contributed by atoms with van der Waals surface area (Å²) >= 11 is 3.40. The highest BCUT2D eigenvalue weighted by molar-refractivity contribution is 9.10. The number of para-hydroxylation sites is 1. The van der Waals surface area contributed by atoms with Crippen LogP contribution < -0.4 is 4.90 Å². The molecule has 0 bridgehead atoms. The molecule has 1 amide bonds. The van der Waals surface area contributed by atoms with Gasteiger partial charge in [-0.05, 0) is 42.8 Å². The van der Waals surface area contributed by atoms with Crippen LogP contribution in [0.5, 0.6) is 5.75 Å². The summed E-state index contributed by atoms with van der Waals surface area (Å²) in [4.78, 5) is 19.8. The summed E-state index contributed by atoms with van der Waals surface area (Å²) in [7, 11) is 0. The van der Waals surface area contributed by atoms with E-state index in [0.717, 1.165) is 10.0 Å². The maximum absolute atomic E-state index is 12.9. The van der Waals surface area contributed by atoms with E-state index in [1.165, 1.54) is 0 Å². The van der Waals surface area contributed by atoms with E-state index in [1.54, 1.807) is 23.1 Å². The summed E-state index contributed by atoms with van der Waals surface area (Å²) in [5.74, 6) is -0.124. The Morgan fingerprint density at radius 1 is 1.00 bits per heavy atom. The molecule has 0 aliphatic heterocycles. The van der Waals surface area contributed by atoms with Crippen molar-refractivity contribution >= 4 is 33.2 Å². The summed E-state index contributed by atoms with van der Waals surface area (Å²) in [5.41, 5.74) is 2.97. The van der Waals surface area contributed by atoms with E-state index in [0.29, 0.717) is 17.0 Å². The Kier molecular flexibility index (Phi) is 7.03. The highest BCUT2D eigenvalue weighted by Crippen LogP contribution is 2.24. The van der Waals surface area contributed by atoms with Gasteiger partial charge in [0.1, 0.15) is 5.75 Å². The highest BCUT2D eigenvalue weighted by Gasteiger charge is 2.18. The van der Waals surface area contributed by atoms with Crippen molar-refractivity contribution in [2.75, 3.05) is 11.5 Å². The van der Waals surface area contributed by atoms with Crippen molar-refractivity contribution in [2.45, 2.75) is 13.5 Å². The fraction of sp³-hybridized carbons (Fsp3) is 0.130. The van der Waals surface area contributed by atoms with Gasteiger partial charge in [0.25, 0.3) is 5.91 Å². The van der Waals surface area contributed by atoms with Crippen LogP contribution in [0.4, 0.5) is 5.69 Å².